The van der Waals surface area contributed by atoms with Crippen LogP contribution in [0.3, 0.4) is 0 Å². The zero-order chi connectivity index (χ0) is 13.8. The molecule has 0 fully saturated rings. The van der Waals surface area contributed by atoms with Gasteiger partial charge in [-0.2, -0.15) is 0 Å². The van der Waals surface area contributed by atoms with E-state index in [4.69, 9.17) is 5.11 Å². The summed E-state index contributed by atoms with van der Waals surface area (Å²) < 4.78 is 13.0. The van der Waals surface area contributed by atoms with Gasteiger partial charge < -0.3 is 10.4 Å². The molecule has 0 radical (unpaired) electrons. The number of carbonyl (C=O) groups is 2. The Kier molecular flexibility index (Phi) is 3.94. The number of anilines is 1. The molecule has 2 atom stereocenters. The number of allylic oxidation sites excluding steroid dienone is 2. The molecule has 1 aromatic carbocycles. The van der Waals surface area contributed by atoms with E-state index in [-0.39, 0.29) is 5.91 Å². The Morgan fingerprint density at radius 3 is 2.53 bits per heavy atom. The summed E-state index contributed by atoms with van der Waals surface area (Å²) >= 11 is 0. The van der Waals surface area contributed by atoms with Gasteiger partial charge in [0.1, 0.15) is 5.82 Å². The minimum absolute atomic E-state index is 0.337. The van der Waals surface area contributed by atoms with Crippen molar-refractivity contribution in [2.24, 2.45) is 11.8 Å². The van der Waals surface area contributed by atoms with E-state index in [0.717, 1.165) is 0 Å². The zero-order valence-corrected chi connectivity index (χ0v) is 10.2. The van der Waals surface area contributed by atoms with Gasteiger partial charge >= 0.3 is 5.97 Å². The second-order valence-corrected chi connectivity index (χ2v) is 4.49. The van der Waals surface area contributed by atoms with Gasteiger partial charge in [-0.15, -0.1) is 0 Å². The van der Waals surface area contributed by atoms with Crippen molar-refractivity contribution in [3.05, 3.63) is 42.2 Å². The van der Waals surface area contributed by atoms with Crippen LogP contribution in [0, 0.1) is 17.7 Å². The topological polar surface area (TPSA) is 66.4 Å². The van der Waals surface area contributed by atoms with Crippen molar-refractivity contribution >= 4 is 17.6 Å². The Balaban J connectivity index is 2.10. The van der Waals surface area contributed by atoms with Crippen LogP contribution in [0.4, 0.5) is 10.1 Å². The molecule has 2 rings (SSSR count). The molecule has 0 aromatic heterocycles. The highest BCUT2D eigenvalue weighted by Crippen LogP contribution is 2.27. The van der Waals surface area contributed by atoms with Crippen LogP contribution in [0.25, 0.3) is 0 Å². The minimum atomic E-state index is -0.983. The van der Waals surface area contributed by atoms with Gasteiger partial charge in [0.2, 0.25) is 5.91 Å². The third-order valence-electron chi connectivity index (χ3n) is 3.18. The molecule has 1 aromatic rings. The zero-order valence-electron chi connectivity index (χ0n) is 10.2. The molecule has 1 aliphatic rings. The largest absolute Gasteiger partial charge is 0.481 e. The first kappa shape index (κ1) is 13.3. The average molecular weight is 263 g/mol. The van der Waals surface area contributed by atoms with Crippen molar-refractivity contribution in [3.63, 3.8) is 0 Å². The van der Waals surface area contributed by atoms with Crippen molar-refractivity contribution in [1.29, 1.82) is 0 Å². The monoisotopic (exact) mass is 263 g/mol. The summed E-state index contributed by atoms with van der Waals surface area (Å²) in [5.74, 6) is -3.16. The predicted octanol–water partition coefficient (Wildman–Crippen LogP) is 2.43. The van der Waals surface area contributed by atoms with Gasteiger partial charge in [0.05, 0.1) is 11.8 Å². The number of carboxylic acid groups (broad SMARTS) is 1. The second-order valence-electron chi connectivity index (χ2n) is 4.49. The van der Waals surface area contributed by atoms with Gasteiger partial charge in [-0.1, -0.05) is 18.2 Å². The summed E-state index contributed by atoms with van der Waals surface area (Å²) in [4.78, 5) is 23.2. The Morgan fingerprint density at radius 1 is 1.21 bits per heavy atom. The highest BCUT2D eigenvalue weighted by molar-refractivity contribution is 5.95. The van der Waals surface area contributed by atoms with Crippen molar-refractivity contribution in [1.82, 2.24) is 0 Å². The number of hydrogen-bond donors (Lipinski definition) is 2. The second kappa shape index (κ2) is 5.65. The maximum absolute atomic E-state index is 13.0. The number of amides is 1. The van der Waals surface area contributed by atoms with Crippen LogP contribution >= 0.6 is 0 Å². The molecule has 0 spiro atoms. The first-order valence-electron chi connectivity index (χ1n) is 6.02. The molecule has 0 saturated carbocycles. The third kappa shape index (κ3) is 3.19. The lowest BCUT2D eigenvalue weighted by Gasteiger charge is -2.24. The Hall–Kier alpha value is -2.17. The molecule has 19 heavy (non-hydrogen) atoms. The fourth-order valence-corrected chi connectivity index (χ4v) is 2.18. The highest BCUT2D eigenvalue weighted by atomic mass is 19.1. The molecule has 5 heteroatoms. The van der Waals surface area contributed by atoms with E-state index in [9.17, 15) is 14.0 Å². The lowest BCUT2D eigenvalue weighted by atomic mass is 9.82. The smallest absolute Gasteiger partial charge is 0.307 e. The van der Waals surface area contributed by atoms with Gasteiger partial charge in [-0.25, -0.2) is 4.39 Å². The molecular weight excluding hydrogens is 249 g/mol. The highest BCUT2D eigenvalue weighted by Gasteiger charge is 2.33. The van der Waals surface area contributed by atoms with Crippen molar-refractivity contribution in [3.8, 4) is 0 Å². The summed E-state index contributed by atoms with van der Waals surface area (Å²) in [5, 5.41) is 11.7. The van der Waals surface area contributed by atoms with Crippen molar-refractivity contribution in [2.75, 3.05) is 5.32 Å². The molecule has 0 bridgehead atoms. The molecule has 0 aliphatic heterocycles. The Morgan fingerprint density at radius 2 is 1.89 bits per heavy atom. The summed E-state index contributed by atoms with van der Waals surface area (Å²) in [7, 11) is 0. The van der Waals surface area contributed by atoms with Crippen LogP contribution in [-0.2, 0) is 9.59 Å². The summed E-state index contributed by atoms with van der Waals surface area (Å²) in [6.45, 7) is 0. The molecule has 4 nitrogen and oxygen atoms in total. The Labute approximate surface area is 109 Å². The molecule has 1 amide bonds. The van der Waals surface area contributed by atoms with Gasteiger partial charge in [0, 0.05) is 5.69 Å². The molecule has 1 aliphatic carbocycles. The first-order valence-corrected chi connectivity index (χ1v) is 6.02. The first-order chi connectivity index (χ1) is 9.08. The van der Waals surface area contributed by atoms with Crippen LogP contribution in [0.2, 0.25) is 0 Å². The maximum Gasteiger partial charge on any atom is 0.307 e. The lowest BCUT2D eigenvalue weighted by Crippen LogP contribution is -2.34. The number of hydrogen-bond acceptors (Lipinski definition) is 2. The van der Waals surface area contributed by atoms with Gasteiger partial charge in [0.25, 0.3) is 0 Å². The number of aliphatic carboxylic acids is 1. The number of nitrogens with one attached hydrogen (secondary N) is 1. The standard InChI is InChI=1S/C14H14FNO3/c15-9-4-3-5-10(8-9)16-13(17)11-6-1-2-7-12(11)14(18)19/h1-5,8,11-12H,6-7H2,(H,16,17)(H,18,19)/t11-,12-/m0/s1. The van der Waals surface area contributed by atoms with E-state index < -0.39 is 23.6 Å². The van der Waals surface area contributed by atoms with Crippen LogP contribution < -0.4 is 5.32 Å². The lowest BCUT2D eigenvalue weighted by molar-refractivity contribution is -0.146. The van der Waals surface area contributed by atoms with E-state index in [2.05, 4.69) is 5.32 Å². The van der Waals surface area contributed by atoms with Crippen LogP contribution in [0.5, 0.6) is 0 Å². The van der Waals surface area contributed by atoms with E-state index in [0.29, 0.717) is 18.5 Å². The number of carbonyl (C=O) groups excluding carboxylic acids is 1. The predicted molar refractivity (Wildman–Crippen MR) is 68.0 cm³/mol. The maximum atomic E-state index is 13.0. The van der Waals surface area contributed by atoms with Crippen molar-refractivity contribution < 1.29 is 19.1 Å². The fraction of sp³-hybridized carbons (Fsp3) is 0.286. The van der Waals surface area contributed by atoms with E-state index >= 15 is 0 Å². The summed E-state index contributed by atoms with van der Waals surface area (Å²) in [5.41, 5.74) is 0.337. The number of halogens is 1. The SMILES string of the molecule is O=C(O)[C@H]1CC=CC[C@@H]1C(=O)Nc1cccc(F)c1. The van der Waals surface area contributed by atoms with E-state index in [1.54, 1.807) is 18.2 Å². The normalized spacial score (nSPS) is 21.9. The molecule has 2 N–H and O–H groups in total. The quantitative estimate of drug-likeness (QED) is 0.823. The van der Waals surface area contributed by atoms with Gasteiger partial charge in [-0.05, 0) is 31.0 Å². The number of carboxylic acids is 1. The van der Waals surface area contributed by atoms with Crippen molar-refractivity contribution in [2.45, 2.75) is 12.8 Å². The van der Waals surface area contributed by atoms with E-state index in [1.807, 2.05) is 0 Å². The van der Waals surface area contributed by atoms with Crippen LogP contribution in [-0.4, -0.2) is 17.0 Å². The minimum Gasteiger partial charge on any atom is -0.481 e. The van der Waals surface area contributed by atoms with Gasteiger partial charge in [0.15, 0.2) is 0 Å². The average Bonchev–Trinajstić information content (AvgIpc) is 2.38. The number of rotatable bonds is 3. The van der Waals surface area contributed by atoms with Crippen LogP contribution in [0.15, 0.2) is 36.4 Å². The van der Waals surface area contributed by atoms with Crippen LogP contribution in [0.1, 0.15) is 12.8 Å². The molecular formula is C14H14FNO3. The number of benzene rings is 1. The third-order valence-corrected chi connectivity index (χ3v) is 3.18. The summed E-state index contributed by atoms with van der Waals surface area (Å²) in [6, 6.07) is 5.53. The molecule has 0 saturated heterocycles. The van der Waals surface area contributed by atoms with E-state index in [1.165, 1.54) is 18.2 Å². The fourth-order valence-electron chi connectivity index (χ4n) is 2.18. The summed E-state index contributed by atoms with van der Waals surface area (Å²) in [6.07, 6.45) is 4.30. The molecule has 0 unspecified atom stereocenters. The van der Waals surface area contributed by atoms with Gasteiger partial charge in [-0.3, -0.25) is 9.59 Å². The molecule has 0 heterocycles. The molecule has 100 valence electrons. The Bertz CT molecular complexity index is 527.